The van der Waals surface area contributed by atoms with E-state index in [1.54, 1.807) is 6.20 Å². The highest BCUT2D eigenvalue weighted by Gasteiger charge is 2.28. The number of hydrogen-bond acceptors (Lipinski definition) is 8. The van der Waals surface area contributed by atoms with Crippen molar-refractivity contribution in [1.29, 1.82) is 5.26 Å². The zero-order chi connectivity index (χ0) is 34.4. The fourth-order valence-corrected chi connectivity index (χ4v) is 7.87. The van der Waals surface area contributed by atoms with Crippen molar-refractivity contribution < 1.29 is 14.3 Å². The first-order chi connectivity index (χ1) is 24.4. The van der Waals surface area contributed by atoms with Crippen LogP contribution < -0.4 is 5.32 Å². The molecule has 0 bridgehead atoms. The normalized spacial score (nSPS) is 16.7. The molecule has 8 rings (SSSR count). The Morgan fingerprint density at radius 2 is 1.86 bits per heavy atom. The van der Waals surface area contributed by atoms with Crippen LogP contribution in [0.5, 0.6) is 0 Å². The van der Waals surface area contributed by atoms with Crippen LogP contribution in [0, 0.1) is 24.2 Å². The summed E-state index contributed by atoms with van der Waals surface area (Å²) in [5, 5.41) is 24.4. The van der Waals surface area contributed by atoms with Gasteiger partial charge in [-0.15, -0.1) is 0 Å². The summed E-state index contributed by atoms with van der Waals surface area (Å²) in [6.07, 6.45) is 9.41. The van der Waals surface area contributed by atoms with Gasteiger partial charge in [0.15, 0.2) is 11.4 Å². The van der Waals surface area contributed by atoms with Gasteiger partial charge in [0.25, 0.3) is 0 Å². The van der Waals surface area contributed by atoms with Crippen molar-refractivity contribution in [3.05, 3.63) is 100 Å². The van der Waals surface area contributed by atoms with Crippen molar-refractivity contribution in [3.63, 3.8) is 0 Å². The molecule has 9 nitrogen and oxygen atoms in total. The number of carboxylic acids is 1. The minimum absolute atomic E-state index is 0.366. The summed E-state index contributed by atoms with van der Waals surface area (Å²) in [7, 11) is 0. The van der Waals surface area contributed by atoms with Gasteiger partial charge in [-0.25, -0.2) is 9.97 Å². The Morgan fingerprint density at radius 1 is 1.06 bits per heavy atom. The lowest BCUT2D eigenvalue weighted by atomic mass is 9.96. The molecule has 1 aliphatic carbocycles. The van der Waals surface area contributed by atoms with E-state index in [4.69, 9.17) is 26.0 Å². The molecule has 1 saturated heterocycles. The molecular formula is C40H35ClN6O3. The lowest BCUT2D eigenvalue weighted by molar-refractivity contribution is -0.141. The predicted molar refractivity (Wildman–Crippen MR) is 194 cm³/mol. The van der Waals surface area contributed by atoms with E-state index >= 15 is 0 Å². The fourth-order valence-electron chi connectivity index (χ4n) is 7.59. The van der Waals surface area contributed by atoms with E-state index in [0.29, 0.717) is 65.4 Å². The van der Waals surface area contributed by atoms with Crippen molar-refractivity contribution in [2.75, 3.05) is 18.4 Å². The molecule has 6 aromatic rings. The Balaban J connectivity index is 1.09. The lowest BCUT2D eigenvalue weighted by Gasteiger charge is -2.16. The van der Waals surface area contributed by atoms with Crippen molar-refractivity contribution >= 4 is 51.1 Å². The summed E-state index contributed by atoms with van der Waals surface area (Å²) >= 11 is 7.12. The summed E-state index contributed by atoms with van der Waals surface area (Å²) in [6, 6.07) is 22.1. The van der Waals surface area contributed by atoms with E-state index in [2.05, 4.69) is 27.3 Å². The average Bonchev–Trinajstić information content (AvgIpc) is 3.91. The molecule has 1 atom stereocenters. The van der Waals surface area contributed by atoms with Crippen molar-refractivity contribution in [2.24, 2.45) is 5.92 Å². The third-order valence-electron chi connectivity index (χ3n) is 10.3. The van der Waals surface area contributed by atoms with Crippen LogP contribution >= 0.6 is 11.6 Å². The number of nitrogens with one attached hydrogen (secondary N) is 1. The number of benzene rings is 3. The molecule has 10 heteroatoms. The maximum absolute atomic E-state index is 11.4. The smallest absolute Gasteiger partial charge is 0.307 e. The van der Waals surface area contributed by atoms with Gasteiger partial charge >= 0.3 is 5.97 Å². The number of anilines is 2. The highest BCUT2D eigenvalue weighted by molar-refractivity contribution is 6.36. The maximum Gasteiger partial charge on any atom is 0.307 e. The molecule has 250 valence electrons. The second-order valence-corrected chi connectivity index (χ2v) is 13.8. The number of aliphatic carboxylic acids is 1. The lowest BCUT2D eigenvalue weighted by Crippen LogP contribution is -2.22. The number of pyridine rings is 2. The number of nitriles is 1. The van der Waals surface area contributed by atoms with Gasteiger partial charge in [0.2, 0.25) is 5.89 Å². The Kier molecular flexibility index (Phi) is 8.43. The Hall–Kier alpha value is -5.30. The number of nitrogens with zero attached hydrogens (tertiary/aromatic N) is 5. The third-order valence-corrected chi connectivity index (χ3v) is 10.7. The molecule has 0 spiro atoms. The zero-order valence-corrected chi connectivity index (χ0v) is 28.4. The van der Waals surface area contributed by atoms with Gasteiger partial charge in [-0.3, -0.25) is 14.7 Å². The number of hydrogen-bond donors (Lipinski definition) is 2. The first-order valence-electron chi connectivity index (χ1n) is 17.1. The summed E-state index contributed by atoms with van der Waals surface area (Å²) in [5.74, 6) is 0.506. The number of halogens is 1. The quantitative estimate of drug-likeness (QED) is 0.161. The number of aromatic nitrogens is 3. The van der Waals surface area contributed by atoms with Gasteiger partial charge in [-0.2, -0.15) is 5.26 Å². The van der Waals surface area contributed by atoms with Gasteiger partial charge < -0.3 is 14.8 Å². The molecule has 4 heterocycles. The largest absolute Gasteiger partial charge is 0.481 e. The number of rotatable bonds is 8. The fraction of sp³-hybridized carbons (Fsp3) is 0.275. The van der Waals surface area contributed by atoms with E-state index in [0.717, 1.165) is 44.4 Å². The second kappa shape index (κ2) is 13.2. The number of oxazole rings is 1. The van der Waals surface area contributed by atoms with Gasteiger partial charge in [-0.05, 0) is 97.3 Å². The maximum atomic E-state index is 11.4. The molecule has 2 fully saturated rings. The third kappa shape index (κ3) is 5.95. The molecule has 1 saturated carbocycles. The molecule has 3 aromatic carbocycles. The second-order valence-electron chi connectivity index (χ2n) is 13.4. The Labute approximate surface area is 294 Å². The van der Waals surface area contributed by atoms with E-state index in [9.17, 15) is 15.2 Å². The molecule has 0 unspecified atom stereocenters. The topological polar surface area (TPSA) is 128 Å². The summed E-state index contributed by atoms with van der Waals surface area (Å²) in [5.41, 5.74) is 8.60. The van der Waals surface area contributed by atoms with E-state index in [-0.39, 0.29) is 5.92 Å². The van der Waals surface area contributed by atoms with Crippen LogP contribution in [-0.2, 0) is 11.3 Å². The summed E-state index contributed by atoms with van der Waals surface area (Å²) in [4.78, 5) is 27.8. The highest BCUT2D eigenvalue weighted by Crippen LogP contribution is 2.41. The van der Waals surface area contributed by atoms with Gasteiger partial charge in [-0.1, -0.05) is 48.7 Å². The Morgan fingerprint density at radius 3 is 2.66 bits per heavy atom. The first kappa shape index (κ1) is 31.9. The van der Waals surface area contributed by atoms with Gasteiger partial charge in [0.05, 0.1) is 22.2 Å². The molecule has 3 aromatic heterocycles. The average molecular weight is 683 g/mol. The van der Waals surface area contributed by atoms with Crippen molar-refractivity contribution in [1.82, 2.24) is 19.9 Å². The summed E-state index contributed by atoms with van der Waals surface area (Å²) < 4.78 is 6.25. The Bertz CT molecular complexity index is 2320. The van der Waals surface area contributed by atoms with Crippen LogP contribution in [0.2, 0.25) is 5.02 Å². The SMILES string of the molecule is Cc1c(-c2nc3cc(CN4CC[C@@H](C(=O)O)C4)cc(C#N)c3o2)cccc1-c1cccc(Nc2nccc3cc(C4CCCC4)cnc23)c1Cl. The molecule has 0 amide bonds. The number of carboxylic acid groups (broad SMARTS) is 1. The van der Waals surface area contributed by atoms with E-state index < -0.39 is 5.97 Å². The highest BCUT2D eigenvalue weighted by atomic mass is 35.5. The monoisotopic (exact) mass is 682 g/mol. The molecule has 2 aliphatic rings. The molecule has 1 aliphatic heterocycles. The molecule has 2 N–H and O–H groups in total. The van der Waals surface area contributed by atoms with Gasteiger partial charge in [0.1, 0.15) is 17.1 Å². The minimum Gasteiger partial charge on any atom is -0.481 e. The van der Waals surface area contributed by atoms with Gasteiger partial charge in [0, 0.05) is 42.0 Å². The van der Waals surface area contributed by atoms with Crippen molar-refractivity contribution in [3.8, 4) is 28.7 Å². The molecule has 0 radical (unpaired) electrons. The molecular weight excluding hydrogens is 648 g/mol. The number of carbonyl (C=O) groups is 1. The van der Waals surface area contributed by atoms with Crippen LogP contribution in [0.3, 0.4) is 0 Å². The van der Waals surface area contributed by atoms with Crippen LogP contribution in [0.4, 0.5) is 11.5 Å². The van der Waals surface area contributed by atoms with Crippen LogP contribution in [0.25, 0.3) is 44.6 Å². The van der Waals surface area contributed by atoms with Crippen LogP contribution in [0.15, 0.2) is 77.5 Å². The first-order valence-corrected chi connectivity index (χ1v) is 17.4. The molecule has 50 heavy (non-hydrogen) atoms. The number of likely N-dealkylation sites (tertiary alicyclic amines) is 1. The summed E-state index contributed by atoms with van der Waals surface area (Å²) in [6.45, 7) is 3.74. The number of fused-ring (bicyclic) bond motifs is 2. The zero-order valence-electron chi connectivity index (χ0n) is 27.6. The van der Waals surface area contributed by atoms with E-state index in [1.165, 1.54) is 31.2 Å². The standard InChI is InChI=1S/C40H35ClN6O3/c1-23-30(32-10-5-11-33(35(32)41)45-38-36-26(12-14-43-38)18-29(20-44-36)25-6-2-3-7-25)8-4-9-31(23)39-46-34-17-24(16-28(19-42)37(34)50-39)21-47-15-13-27(22-47)40(48)49/h4-5,8-12,14,16-18,20,25,27H,2-3,6-7,13,15,21-22H2,1H3,(H,43,45)(H,48,49)/t27-/m1/s1. The minimum atomic E-state index is -0.768. The van der Waals surface area contributed by atoms with Crippen LogP contribution in [0.1, 0.15) is 60.3 Å². The van der Waals surface area contributed by atoms with Crippen LogP contribution in [-0.4, -0.2) is 44.0 Å². The van der Waals surface area contributed by atoms with Crippen molar-refractivity contribution in [2.45, 2.75) is 51.5 Å². The predicted octanol–water partition coefficient (Wildman–Crippen LogP) is 9.25. The van der Waals surface area contributed by atoms with E-state index in [1.807, 2.05) is 67.7 Å².